The van der Waals surface area contributed by atoms with Gasteiger partial charge in [0.1, 0.15) is 0 Å². The zero-order valence-electron chi connectivity index (χ0n) is 12.1. The fourth-order valence-corrected chi connectivity index (χ4v) is 1.79. The van der Waals surface area contributed by atoms with Crippen LogP contribution in [0.4, 0.5) is 24.5 Å². The second kappa shape index (κ2) is 7.19. The minimum Gasteiger partial charge on any atom is -0.397 e. The molecule has 0 atom stereocenters. The molecule has 0 unspecified atom stereocenters. The van der Waals surface area contributed by atoms with E-state index in [0.717, 1.165) is 0 Å². The van der Waals surface area contributed by atoms with Crippen molar-refractivity contribution in [1.82, 2.24) is 4.90 Å². The van der Waals surface area contributed by atoms with Crippen LogP contribution in [0, 0.1) is 0 Å². The standard InChI is InChI=1S/C14H20F3N3O/c1-20(2)13(21)10-5-6-12(11(18)9-10)19-8-4-3-7-14(15,16)17/h5-6,9,19H,3-4,7-8,18H2,1-2H3. The molecule has 4 nitrogen and oxygen atoms in total. The van der Waals surface area contributed by atoms with Gasteiger partial charge in [0.15, 0.2) is 0 Å². The number of nitrogens with two attached hydrogens (primary N) is 1. The summed E-state index contributed by atoms with van der Waals surface area (Å²) < 4.78 is 35.9. The Morgan fingerprint density at radius 3 is 2.48 bits per heavy atom. The largest absolute Gasteiger partial charge is 0.397 e. The third-order valence-corrected chi connectivity index (χ3v) is 2.91. The Morgan fingerprint density at radius 1 is 1.29 bits per heavy atom. The highest BCUT2D eigenvalue weighted by atomic mass is 19.4. The Kier molecular flexibility index (Phi) is 5.87. The van der Waals surface area contributed by atoms with Crippen LogP contribution in [0.3, 0.4) is 0 Å². The number of hydrogen-bond acceptors (Lipinski definition) is 3. The van der Waals surface area contributed by atoms with Crippen LogP contribution in [0.15, 0.2) is 18.2 Å². The predicted molar refractivity (Wildman–Crippen MR) is 77.3 cm³/mol. The van der Waals surface area contributed by atoms with E-state index in [2.05, 4.69) is 5.32 Å². The molecule has 1 aromatic carbocycles. The zero-order chi connectivity index (χ0) is 16.0. The summed E-state index contributed by atoms with van der Waals surface area (Å²) in [6.07, 6.45) is -4.40. The van der Waals surface area contributed by atoms with Crippen LogP contribution in [0.25, 0.3) is 0 Å². The summed E-state index contributed by atoms with van der Waals surface area (Å²) in [7, 11) is 3.29. The summed E-state index contributed by atoms with van der Waals surface area (Å²) in [5.41, 5.74) is 7.33. The van der Waals surface area contributed by atoms with E-state index in [-0.39, 0.29) is 12.3 Å². The van der Waals surface area contributed by atoms with Crippen molar-refractivity contribution in [2.75, 3.05) is 31.7 Å². The van der Waals surface area contributed by atoms with Crippen molar-refractivity contribution >= 4 is 17.3 Å². The molecule has 0 aliphatic carbocycles. The highest BCUT2D eigenvalue weighted by molar-refractivity contribution is 5.95. The van der Waals surface area contributed by atoms with Crippen molar-refractivity contribution < 1.29 is 18.0 Å². The Bertz CT molecular complexity index is 487. The summed E-state index contributed by atoms with van der Waals surface area (Å²) in [5, 5.41) is 2.98. The van der Waals surface area contributed by atoms with Gasteiger partial charge in [0, 0.05) is 32.6 Å². The number of nitrogen functional groups attached to an aromatic ring is 1. The van der Waals surface area contributed by atoms with Crippen molar-refractivity contribution in [1.29, 1.82) is 0 Å². The first-order chi connectivity index (χ1) is 9.70. The van der Waals surface area contributed by atoms with E-state index in [0.29, 0.717) is 29.9 Å². The maximum atomic E-state index is 12.0. The summed E-state index contributed by atoms with van der Waals surface area (Å²) in [6.45, 7) is 0.404. The van der Waals surface area contributed by atoms with Gasteiger partial charge in [-0.25, -0.2) is 0 Å². The average molecular weight is 303 g/mol. The number of amides is 1. The number of carbonyl (C=O) groups is 1. The van der Waals surface area contributed by atoms with Crippen molar-refractivity contribution in [2.45, 2.75) is 25.4 Å². The smallest absolute Gasteiger partial charge is 0.389 e. The van der Waals surface area contributed by atoms with Crippen LogP contribution in [-0.2, 0) is 0 Å². The molecule has 0 radical (unpaired) electrons. The Morgan fingerprint density at radius 2 is 1.95 bits per heavy atom. The number of nitrogens with one attached hydrogen (secondary N) is 1. The van der Waals surface area contributed by atoms with E-state index in [1.54, 1.807) is 32.3 Å². The zero-order valence-corrected chi connectivity index (χ0v) is 12.1. The molecule has 1 aromatic rings. The first kappa shape index (κ1) is 17.1. The lowest BCUT2D eigenvalue weighted by molar-refractivity contribution is -0.135. The molecule has 7 heteroatoms. The van der Waals surface area contributed by atoms with Gasteiger partial charge in [-0.15, -0.1) is 0 Å². The van der Waals surface area contributed by atoms with Crippen molar-refractivity contribution in [3.05, 3.63) is 23.8 Å². The molecule has 0 bridgehead atoms. The molecule has 1 rings (SSSR count). The van der Waals surface area contributed by atoms with Crippen LogP contribution in [0.1, 0.15) is 29.6 Å². The van der Waals surface area contributed by atoms with E-state index in [4.69, 9.17) is 5.73 Å². The third-order valence-electron chi connectivity index (χ3n) is 2.91. The van der Waals surface area contributed by atoms with Crippen LogP contribution in [-0.4, -0.2) is 37.6 Å². The van der Waals surface area contributed by atoms with Crippen molar-refractivity contribution in [3.8, 4) is 0 Å². The normalized spacial score (nSPS) is 11.3. The number of benzene rings is 1. The lowest BCUT2D eigenvalue weighted by atomic mass is 10.1. The molecule has 0 aromatic heterocycles. The molecular formula is C14H20F3N3O. The van der Waals surface area contributed by atoms with E-state index in [1.807, 2.05) is 0 Å². The number of rotatable bonds is 6. The number of halogens is 3. The maximum Gasteiger partial charge on any atom is 0.389 e. The molecule has 0 spiro atoms. The summed E-state index contributed by atoms with van der Waals surface area (Å²) in [6, 6.07) is 4.85. The number of unbranched alkanes of at least 4 members (excludes halogenated alkanes) is 1. The lowest BCUT2D eigenvalue weighted by Crippen LogP contribution is -2.21. The first-order valence-corrected chi connectivity index (χ1v) is 6.62. The highest BCUT2D eigenvalue weighted by Gasteiger charge is 2.25. The summed E-state index contributed by atoms with van der Waals surface area (Å²) >= 11 is 0. The van der Waals surface area contributed by atoms with Crippen LogP contribution < -0.4 is 11.1 Å². The maximum absolute atomic E-state index is 12.0. The molecule has 1 amide bonds. The number of anilines is 2. The summed E-state index contributed by atoms with van der Waals surface area (Å²) in [4.78, 5) is 13.2. The monoisotopic (exact) mass is 303 g/mol. The molecule has 3 N–H and O–H groups in total. The van der Waals surface area contributed by atoms with Crippen LogP contribution in [0.5, 0.6) is 0 Å². The topological polar surface area (TPSA) is 58.4 Å². The Hall–Kier alpha value is -1.92. The molecule has 0 aliphatic rings. The van der Waals surface area contributed by atoms with E-state index >= 15 is 0 Å². The van der Waals surface area contributed by atoms with Gasteiger partial charge in [0.05, 0.1) is 11.4 Å². The molecule has 0 saturated heterocycles. The van der Waals surface area contributed by atoms with Gasteiger partial charge < -0.3 is 16.0 Å². The van der Waals surface area contributed by atoms with Gasteiger partial charge in [0.25, 0.3) is 5.91 Å². The van der Waals surface area contributed by atoms with Gasteiger partial charge in [-0.05, 0) is 31.0 Å². The molecule has 118 valence electrons. The Labute approximate surface area is 122 Å². The van der Waals surface area contributed by atoms with E-state index in [9.17, 15) is 18.0 Å². The lowest BCUT2D eigenvalue weighted by Gasteiger charge is -2.13. The quantitative estimate of drug-likeness (QED) is 0.627. The second-order valence-corrected chi connectivity index (χ2v) is 5.00. The van der Waals surface area contributed by atoms with Gasteiger partial charge in [-0.1, -0.05) is 0 Å². The average Bonchev–Trinajstić information content (AvgIpc) is 2.37. The minimum atomic E-state index is -4.10. The van der Waals surface area contributed by atoms with E-state index in [1.165, 1.54) is 4.90 Å². The van der Waals surface area contributed by atoms with E-state index < -0.39 is 12.6 Å². The van der Waals surface area contributed by atoms with Crippen LogP contribution in [0.2, 0.25) is 0 Å². The number of carbonyl (C=O) groups excluding carboxylic acids is 1. The van der Waals surface area contributed by atoms with Crippen LogP contribution >= 0.6 is 0 Å². The molecule has 0 saturated carbocycles. The third kappa shape index (κ3) is 5.93. The molecule has 0 heterocycles. The fourth-order valence-electron chi connectivity index (χ4n) is 1.79. The van der Waals surface area contributed by atoms with Crippen molar-refractivity contribution in [2.24, 2.45) is 0 Å². The molecule has 0 aliphatic heterocycles. The second-order valence-electron chi connectivity index (χ2n) is 5.00. The van der Waals surface area contributed by atoms with Crippen molar-refractivity contribution in [3.63, 3.8) is 0 Å². The highest BCUT2D eigenvalue weighted by Crippen LogP contribution is 2.23. The fraction of sp³-hybridized carbons (Fsp3) is 0.500. The van der Waals surface area contributed by atoms with Gasteiger partial charge in [0.2, 0.25) is 0 Å². The molecule has 21 heavy (non-hydrogen) atoms. The molecular weight excluding hydrogens is 283 g/mol. The first-order valence-electron chi connectivity index (χ1n) is 6.62. The number of nitrogens with zero attached hydrogens (tertiary/aromatic N) is 1. The van der Waals surface area contributed by atoms with Gasteiger partial charge >= 0.3 is 6.18 Å². The number of hydrogen-bond donors (Lipinski definition) is 2. The van der Waals surface area contributed by atoms with Gasteiger partial charge in [-0.3, -0.25) is 4.79 Å². The molecule has 0 fully saturated rings. The predicted octanol–water partition coefficient (Wildman–Crippen LogP) is 3.12. The number of alkyl halides is 3. The summed E-state index contributed by atoms with van der Waals surface area (Å²) in [5.74, 6) is -0.154. The Balaban J connectivity index is 2.48. The SMILES string of the molecule is CN(C)C(=O)c1ccc(NCCCCC(F)(F)F)c(N)c1. The minimum absolute atomic E-state index is 0.0770. The van der Waals surface area contributed by atoms with Gasteiger partial charge in [-0.2, -0.15) is 13.2 Å².